The van der Waals surface area contributed by atoms with E-state index in [9.17, 15) is 24.2 Å². The Labute approximate surface area is 291 Å². The number of nitrogens with two attached hydrogens (primary N) is 1. The molecule has 0 aliphatic rings. The summed E-state index contributed by atoms with van der Waals surface area (Å²) in [7, 11) is -3.41. The van der Waals surface area contributed by atoms with Gasteiger partial charge >= 0.3 is 25.7 Å². The highest BCUT2D eigenvalue weighted by Crippen LogP contribution is 2.47. The lowest BCUT2D eigenvalue weighted by Gasteiger charge is -2.38. The zero-order valence-electron chi connectivity index (χ0n) is 29.2. The van der Waals surface area contributed by atoms with Crippen molar-refractivity contribution in [2.45, 2.75) is 78.2 Å². The normalized spacial score (nSPS) is 15.7. The number of nitrogens with one attached hydrogen (secondary N) is 1. The number of hydrogen-bond donors (Lipinski definition) is 2. The number of rotatable bonds is 19. The molecule has 50 heavy (non-hydrogen) atoms. The number of aromatic nitrogens is 3. The molecule has 16 nitrogen and oxygen atoms in total. The molecule has 0 amide bonds. The number of fused-ring (bicyclic) bond motifs is 1. The second-order valence-corrected chi connectivity index (χ2v) is 13.7. The van der Waals surface area contributed by atoms with Crippen LogP contribution in [0.2, 0.25) is 0 Å². The third-order valence-corrected chi connectivity index (χ3v) is 9.01. The van der Waals surface area contributed by atoms with Crippen LogP contribution in [0.5, 0.6) is 5.75 Å². The lowest BCUT2D eigenvalue weighted by atomic mass is 9.92. The maximum absolute atomic E-state index is 14.4. The SMILES string of the molecule is CCCCOC(=O)[C@H](C)NP(=O)(OC[C@@](C#N)(OC)[C@@H](OC(=O)C(C)C)[C@@H](OC(=O)C(C)C)c1ccc2c(N)ncnn12)Oc1ccccc1. The van der Waals surface area contributed by atoms with Gasteiger partial charge in [-0.15, -0.1) is 0 Å². The molecule has 5 atom stereocenters. The summed E-state index contributed by atoms with van der Waals surface area (Å²) in [6, 6.07) is 11.9. The molecule has 3 aromatic rings. The number of unbranched alkanes of at least 4 members (excludes halogenated alkanes) is 1. The predicted octanol–water partition coefficient (Wildman–Crippen LogP) is 4.55. The quantitative estimate of drug-likeness (QED) is 0.0753. The van der Waals surface area contributed by atoms with E-state index < -0.39 is 67.9 Å². The molecular formula is C33H45N6O10P. The highest BCUT2D eigenvalue weighted by molar-refractivity contribution is 7.52. The number of carbonyl (C=O) groups excluding carboxylic acids is 3. The second kappa shape index (κ2) is 17.9. The van der Waals surface area contributed by atoms with E-state index in [2.05, 4.69) is 15.2 Å². The van der Waals surface area contributed by atoms with Crippen LogP contribution >= 0.6 is 7.75 Å². The number of nitrogens with zero attached hydrogens (tertiary/aromatic N) is 4. The first-order chi connectivity index (χ1) is 23.7. The molecular weight excluding hydrogens is 671 g/mol. The average molecular weight is 717 g/mol. The molecule has 0 saturated heterocycles. The van der Waals surface area contributed by atoms with Crippen molar-refractivity contribution in [3.63, 3.8) is 0 Å². The first-order valence-corrected chi connectivity index (χ1v) is 17.6. The zero-order valence-corrected chi connectivity index (χ0v) is 30.1. The zero-order chi connectivity index (χ0) is 37.1. The standard InChI is InChI=1S/C33H45N6O10P/c1-8-9-17-45-32(42)23(6)38-50(43,49-24-13-11-10-12-14-24)46-19-33(18-34,44-7)28(48-31(41)22(4)5)27(47-30(40)21(2)3)25-15-16-26-29(35)36-20-37-39(25)26/h10-16,20-23,27-28H,8-9,17,19H2,1-7H3,(H,38,43)(H2,35,36,37)/t23-,27-,28-,33+,50?/m0/s1. The van der Waals surface area contributed by atoms with Crippen LogP contribution in [0.3, 0.4) is 0 Å². The summed E-state index contributed by atoms with van der Waals surface area (Å²) in [6.45, 7) is 8.94. The van der Waals surface area contributed by atoms with E-state index in [1.807, 2.05) is 13.0 Å². The number of carbonyl (C=O) groups is 3. The van der Waals surface area contributed by atoms with Gasteiger partial charge in [0, 0.05) is 7.11 Å². The van der Waals surface area contributed by atoms with Gasteiger partial charge in [-0.3, -0.25) is 18.9 Å². The fourth-order valence-corrected chi connectivity index (χ4v) is 5.93. The van der Waals surface area contributed by atoms with Crippen molar-refractivity contribution in [1.82, 2.24) is 19.7 Å². The Bertz CT molecular complexity index is 1690. The molecule has 0 radical (unpaired) electrons. The minimum atomic E-state index is -4.56. The minimum absolute atomic E-state index is 0.102. The van der Waals surface area contributed by atoms with E-state index in [4.69, 9.17) is 33.7 Å². The monoisotopic (exact) mass is 716 g/mol. The lowest BCUT2D eigenvalue weighted by Crippen LogP contribution is -2.54. The van der Waals surface area contributed by atoms with Crippen molar-refractivity contribution >= 4 is 37.0 Å². The number of hydrogen-bond acceptors (Lipinski definition) is 14. The van der Waals surface area contributed by atoms with Gasteiger partial charge in [0.25, 0.3) is 0 Å². The van der Waals surface area contributed by atoms with Crippen molar-refractivity contribution in [3.05, 3.63) is 54.5 Å². The van der Waals surface area contributed by atoms with Crippen molar-refractivity contribution in [1.29, 1.82) is 5.26 Å². The van der Waals surface area contributed by atoms with Gasteiger partial charge in [-0.2, -0.15) is 15.4 Å². The molecule has 0 aliphatic carbocycles. The molecule has 0 fully saturated rings. The van der Waals surface area contributed by atoms with Crippen LogP contribution in [0.25, 0.3) is 5.52 Å². The van der Waals surface area contributed by atoms with Gasteiger partial charge in [0.2, 0.25) is 5.60 Å². The van der Waals surface area contributed by atoms with E-state index >= 15 is 0 Å². The molecule has 1 unspecified atom stereocenters. The number of ether oxygens (including phenoxy) is 4. The van der Waals surface area contributed by atoms with Gasteiger partial charge in [-0.05, 0) is 37.6 Å². The number of methoxy groups -OCH3 is 1. The molecule has 2 aromatic heterocycles. The molecule has 3 rings (SSSR count). The Balaban J connectivity index is 2.14. The molecule has 1 aromatic carbocycles. The highest BCUT2D eigenvalue weighted by Gasteiger charge is 2.53. The van der Waals surface area contributed by atoms with Crippen molar-refractivity contribution < 1.29 is 46.9 Å². The van der Waals surface area contributed by atoms with Crippen molar-refractivity contribution in [3.8, 4) is 11.8 Å². The molecule has 0 saturated carbocycles. The van der Waals surface area contributed by atoms with E-state index in [1.54, 1.807) is 52.0 Å². The Kier molecular flexibility index (Phi) is 14.3. The van der Waals surface area contributed by atoms with Gasteiger partial charge in [0.15, 0.2) is 18.0 Å². The summed E-state index contributed by atoms with van der Waals surface area (Å²) in [4.78, 5) is 43.2. The van der Waals surface area contributed by atoms with Gasteiger partial charge in [-0.1, -0.05) is 59.2 Å². The number of nitrogen functional groups attached to an aromatic ring is 1. The predicted molar refractivity (Wildman–Crippen MR) is 180 cm³/mol. The third-order valence-electron chi connectivity index (χ3n) is 7.38. The molecule has 17 heteroatoms. The van der Waals surface area contributed by atoms with Crippen molar-refractivity contribution in [2.75, 3.05) is 26.1 Å². The molecule has 272 valence electrons. The summed E-state index contributed by atoms with van der Waals surface area (Å²) in [5.74, 6) is -3.35. The van der Waals surface area contributed by atoms with Crippen LogP contribution in [0.4, 0.5) is 5.82 Å². The summed E-state index contributed by atoms with van der Waals surface area (Å²) < 4.78 is 50.1. The van der Waals surface area contributed by atoms with Crippen LogP contribution in [0, 0.1) is 23.2 Å². The van der Waals surface area contributed by atoms with Crippen LogP contribution in [-0.2, 0) is 42.4 Å². The molecule has 0 aliphatic heterocycles. The van der Waals surface area contributed by atoms with Crippen molar-refractivity contribution in [2.24, 2.45) is 11.8 Å². The summed E-state index contributed by atoms with van der Waals surface area (Å²) >= 11 is 0. The molecule has 2 heterocycles. The van der Waals surface area contributed by atoms with E-state index in [0.29, 0.717) is 11.9 Å². The Hall–Kier alpha value is -4.55. The van der Waals surface area contributed by atoms with Gasteiger partial charge < -0.3 is 29.2 Å². The molecule has 3 N–H and O–H groups in total. The van der Waals surface area contributed by atoms with Crippen LogP contribution in [-0.4, -0.2) is 70.6 Å². The van der Waals surface area contributed by atoms with Gasteiger partial charge in [0.1, 0.15) is 36.3 Å². The second-order valence-electron chi connectivity index (χ2n) is 12.0. The number of para-hydroxylation sites is 1. The number of benzene rings is 1. The Morgan fingerprint density at radius 2 is 1.68 bits per heavy atom. The summed E-state index contributed by atoms with van der Waals surface area (Å²) in [6.07, 6.45) is -0.721. The van der Waals surface area contributed by atoms with Crippen LogP contribution < -0.4 is 15.3 Å². The summed E-state index contributed by atoms with van der Waals surface area (Å²) in [5, 5.41) is 17.6. The van der Waals surface area contributed by atoms with Crippen LogP contribution in [0.1, 0.15) is 66.2 Å². The maximum atomic E-state index is 14.4. The van der Waals surface area contributed by atoms with Crippen LogP contribution in [0.15, 0.2) is 48.8 Å². The van der Waals surface area contributed by atoms with Gasteiger partial charge in [-0.25, -0.2) is 14.1 Å². The Morgan fingerprint density at radius 1 is 1.02 bits per heavy atom. The first kappa shape index (κ1) is 39.9. The largest absolute Gasteiger partial charge is 0.465 e. The lowest BCUT2D eigenvalue weighted by molar-refractivity contribution is -0.197. The van der Waals surface area contributed by atoms with E-state index in [-0.39, 0.29) is 23.9 Å². The smallest absolute Gasteiger partial charge is 0.459 e. The first-order valence-electron chi connectivity index (χ1n) is 16.1. The third kappa shape index (κ3) is 10.0. The number of nitriles is 1. The summed E-state index contributed by atoms with van der Waals surface area (Å²) in [5.41, 5.74) is 4.22. The van der Waals surface area contributed by atoms with Gasteiger partial charge in [0.05, 0.1) is 24.1 Å². The average Bonchev–Trinajstić information content (AvgIpc) is 3.52. The Morgan fingerprint density at radius 3 is 2.28 bits per heavy atom. The number of esters is 3. The fraction of sp³-hybridized carbons (Fsp3) is 0.515. The molecule has 0 spiro atoms. The van der Waals surface area contributed by atoms with E-state index in [1.165, 1.54) is 36.0 Å². The molecule has 0 bridgehead atoms. The highest BCUT2D eigenvalue weighted by atomic mass is 31.2. The topological polar surface area (TPSA) is 216 Å². The van der Waals surface area contributed by atoms with E-state index in [0.717, 1.165) is 13.5 Å². The fourth-order valence-electron chi connectivity index (χ4n) is 4.41. The maximum Gasteiger partial charge on any atom is 0.459 e. The minimum Gasteiger partial charge on any atom is -0.465 e. The number of anilines is 1.